The van der Waals surface area contributed by atoms with Gasteiger partial charge in [-0.15, -0.1) is 12.4 Å². The summed E-state index contributed by atoms with van der Waals surface area (Å²) in [6.07, 6.45) is 2.09. The highest BCUT2D eigenvalue weighted by Crippen LogP contribution is 2.32. The average molecular weight is 315 g/mol. The molecular weight excluding hydrogens is 292 g/mol. The van der Waals surface area contributed by atoms with Crippen LogP contribution in [0.3, 0.4) is 0 Å². The summed E-state index contributed by atoms with van der Waals surface area (Å²) >= 11 is 0. The Morgan fingerprint density at radius 1 is 1.38 bits per heavy atom. The summed E-state index contributed by atoms with van der Waals surface area (Å²) in [6, 6.07) is 5.44. The molecule has 1 saturated carbocycles. The van der Waals surface area contributed by atoms with E-state index in [1.54, 1.807) is 21.1 Å². The van der Waals surface area contributed by atoms with Crippen LogP contribution in [0, 0.1) is 0 Å². The van der Waals surface area contributed by atoms with Crippen molar-refractivity contribution in [2.24, 2.45) is 5.73 Å². The van der Waals surface area contributed by atoms with Gasteiger partial charge in [-0.2, -0.15) is 0 Å². The van der Waals surface area contributed by atoms with Gasteiger partial charge in [0.2, 0.25) is 5.91 Å². The van der Waals surface area contributed by atoms with Crippen LogP contribution in [0.5, 0.6) is 11.5 Å². The summed E-state index contributed by atoms with van der Waals surface area (Å²) in [5.74, 6) is 1.50. The molecule has 0 aliphatic heterocycles. The van der Waals surface area contributed by atoms with Crippen molar-refractivity contribution < 1.29 is 14.3 Å². The molecule has 1 amide bonds. The smallest absolute Gasteiger partial charge is 0.239 e. The Morgan fingerprint density at radius 3 is 2.52 bits per heavy atom. The Labute approximate surface area is 131 Å². The zero-order valence-electron chi connectivity index (χ0n) is 12.7. The maximum absolute atomic E-state index is 12.2. The topological polar surface area (TPSA) is 64.8 Å². The minimum absolute atomic E-state index is 0. The van der Waals surface area contributed by atoms with E-state index in [2.05, 4.69) is 0 Å². The standard InChI is InChI=1S/C15H22N2O3.ClH/c1-10(16)15(18)17(12-4-5-12)9-11-8-13(19-2)6-7-14(11)20-3;/h6-8,10,12H,4-5,9,16H2,1-3H3;1H/t10-;/m0./s1. The van der Waals surface area contributed by atoms with Crippen molar-refractivity contribution in [1.82, 2.24) is 4.90 Å². The van der Waals surface area contributed by atoms with Crippen LogP contribution in [0.25, 0.3) is 0 Å². The van der Waals surface area contributed by atoms with Crippen molar-refractivity contribution in [3.05, 3.63) is 23.8 Å². The molecule has 0 radical (unpaired) electrons. The summed E-state index contributed by atoms with van der Waals surface area (Å²) in [5, 5.41) is 0. The monoisotopic (exact) mass is 314 g/mol. The third-order valence-electron chi connectivity index (χ3n) is 3.49. The Balaban J connectivity index is 0.00000220. The Morgan fingerprint density at radius 2 is 2.05 bits per heavy atom. The van der Waals surface area contributed by atoms with Gasteiger partial charge in [-0.25, -0.2) is 0 Å². The number of amides is 1. The van der Waals surface area contributed by atoms with Gasteiger partial charge in [0.25, 0.3) is 0 Å². The van der Waals surface area contributed by atoms with E-state index in [-0.39, 0.29) is 18.3 Å². The number of methoxy groups -OCH3 is 2. The second-order valence-corrected chi connectivity index (χ2v) is 5.16. The van der Waals surface area contributed by atoms with Crippen LogP contribution in [0.2, 0.25) is 0 Å². The number of nitrogens with zero attached hydrogens (tertiary/aromatic N) is 1. The highest BCUT2D eigenvalue weighted by Gasteiger charge is 2.34. The first-order valence-electron chi connectivity index (χ1n) is 6.83. The first kappa shape index (κ1) is 17.6. The molecule has 2 N–H and O–H groups in total. The number of hydrogen-bond donors (Lipinski definition) is 1. The first-order chi connectivity index (χ1) is 9.56. The number of carbonyl (C=O) groups excluding carboxylic acids is 1. The highest BCUT2D eigenvalue weighted by atomic mass is 35.5. The van der Waals surface area contributed by atoms with Gasteiger partial charge >= 0.3 is 0 Å². The molecule has 0 spiro atoms. The molecule has 0 unspecified atom stereocenters. The molecule has 1 aliphatic rings. The number of carbonyl (C=O) groups is 1. The number of nitrogens with two attached hydrogens (primary N) is 1. The number of rotatable bonds is 6. The maximum Gasteiger partial charge on any atom is 0.239 e. The molecular formula is C15H23ClN2O3. The van der Waals surface area contributed by atoms with Gasteiger partial charge in [-0.1, -0.05) is 0 Å². The van der Waals surface area contributed by atoms with Crippen LogP contribution in [0.15, 0.2) is 18.2 Å². The lowest BCUT2D eigenvalue weighted by atomic mass is 10.1. The lowest BCUT2D eigenvalue weighted by Crippen LogP contribution is -2.42. The largest absolute Gasteiger partial charge is 0.497 e. The molecule has 0 aromatic heterocycles. The minimum atomic E-state index is -0.479. The summed E-state index contributed by atoms with van der Waals surface area (Å²) < 4.78 is 10.6. The van der Waals surface area contributed by atoms with E-state index in [4.69, 9.17) is 15.2 Å². The zero-order valence-corrected chi connectivity index (χ0v) is 13.5. The van der Waals surface area contributed by atoms with Gasteiger partial charge in [0.05, 0.1) is 20.3 Å². The number of halogens is 1. The van der Waals surface area contributed by atoms with Crippen molar-refractivity contribution >= 4 is 18.3 Å². The molecule has 0 heterocycles. The van der Waals surface area contributed by atoms with Crippen LogP contribution in [0.4, 0.5) is 0 Å². The molecule has 21 heavy (non-hydrogen) atoms. The molecule has 0 saturated heterocycles. The average Bonchev–Trinajstić information content (AvgIpc) is 3.28. The fourth-order valence-corrected chi connectivity index (χ4v) is 2.22. The second-order valence-electron chi connectivity index (χ2n) is 5.16. The fourth-order valence-electron chi connectivity index (χ4n) is 2.22. The fraction of sp³-hybridized carbons (Fsp3) is 0.533. The van der Waals surface area contributed by atoms with E-state index in [1.165, 1.54) is 0 Å². The molecule has 0 bridgehead atoms. The van der Waals surface area contributed by atoms with Crippen molar-refractivity contribution in [2.75, 3.05) is 14.2 Å². The van der Waals surface area contributed by atoms with Crippen LogP contribution >= 0.6 is 12.4 Å². The van der Waals surface area contributed by atoms with Gasteiger partial charge in [0.15, 0.2) is 0 Å². The molecule has 6 heteroatoms. The lowest BCUT2D eigenvalue weighted by molar-refractivity contribution is -0.133. The maximum atomic E-state index is 12.2. The quantitative estimate of drug-likeness (QED) is 0.872. The Hall–Kier alpha value is -1.46. The lowest BCUT2D eigenvalue weighted by Gasteiger charge is -2.25. The number of hydrogen-bond acceptors (Lipinski definition) is 4. The van der Waals surface area contributed by atoms with Crippen molar-refractivity contribution in [3.63, 3.8) is 0 Å². The van der Waals surface area contributed by atoms with E-state index in [0.717, 1.165) is 29.9 Å². The summed E-state index contributed by atoms with van der Waals surface area (Å²) in [4.78, 5) is 14.1. The molecule has 5 nitrogen and oxygen atoms in total. The normalized spacial score (nSPS) is 14.9. The third-order valence-corrected chi connectivity index (χ3v) is 3.49. The van der Waals surface area contributed by atoms with Crippen LogP contribution in [0.1, 0.15) is 25.3 Å². The number of benzene rings is 1. The van der Waals surface area contributed by atoms with Gasteiger partial charge in [-0.05, 0) is 38.0 Å². The summed E-state index contributed by atoms with van der Waals surface area (Å²) in [6.45, 7) is 2.23. The van der Waals surface area contributed by atoms with Gasteiger partial charge in [-0.3, -0.25) is 4.79 Å². The molecule has 1 aromatic carbocycles. The molecule has 1 aromatic rings. The van der Waals surface area contributed by atoms with E-state index in [0.29, 0.717) is 12.6 Å². The van der Waals surface area contributed by atoms with Gasteiger partial charge < -0.3 is 20.1 Å². The molecule has 2 rings (SSSR count). The van der Waals surface area contributed by atoms with Crippen molar-refractivity contribution in [3.8, 4) is 11.5 Å². The third kappa shape index (κ3) is 4.25. The van der Waals surface area contributed by atoms with Crippen molar-refractivity contribution in [2.45, 2.75) is 38.4 Å². The second kappa shape index (κ2) is 7.52. The van der Waals surface area contributed by atoms with Gasteiger partial charge in [0, 0.05) is 18.2 Å². The Kier molecular flexibility index (Phi) is 6.30. The predicted molar refractivity (Wildman–Crippen MR) is 84.0 cm³/mol. The predicted octanol–water partition coefficient (Wildman–Crippen LogP) is 1.96. The van der Waals surface area contributed by atoms with Crippen LogP contribution in [-0.2, 0) is 11.3 Å². The molecule has 1 aliphatic carbocycles. The SMILES string of the molecule is COc1ccc(OC)c(CN(C(=O)[C@H](C)N)C2CC2)c1.Cl. The minimum Gasteiger partial charge on any atom is -0.497 e. The Bertz CT molecular complexity index is 490. The molecule has 1 fully saturated rings. The van der Waals surface area contributed by atoms with E-state index < -0.39 is 6.04 Å². The zero-order chi connectivity index (χ0) is 14.7. The van der Waals surface area contributed by atoms with Crippen molar-refractivity contribution in [1.29, 1.82) is 0 Å². The molecule has 118 valence electrons. The first-order valence-corrected chi connectivity index (χ1v) is 6.83. The van der Waals surface area contributed by atoms with Gasteiger partial charge in [0.1, 0.15) is 11.5 Å². The summed E-state index contributed by atoms with van der Waals surface area (Å²) in [7, 11) is 3.25. The van der Waals surface area contributed by atoms with Crippen LogP contribution in [-0.4, -0.2) is 37.1 Å². The molecule has 1 atom stereocenters. The van der Waals surface area contributed by atoms with Crippen LogP contribution < -0.4 is 15.2 Å². The highest BCUT2D eigenvalue weighted by molar-refractivity contribution is 5.85. The van der Waals surface area contributed by atoms with E-state index in [9.17, 15) is 4.79 Å². The summed E-state index contributed by atoms with van der Waals surface area (Å²) in [5.41, 5.74) is 6.67. The van der Waals surface area contributed by atoms with E-state index >= 15 is 0 Å². The van der Waals surface area contributed by atoms with E-state index in [1.807, 2.05) is 23.1 Å². The number of ether oxygens (including phenoxy) is 2.